The third kappa shape index (κ3) is 11.8. The Morgan fingerprint density at radius 3 is 1.80 bits per heavy atom. The van der Waals surface area contributed by atoms with Crippen LogP contribution in [-0.4, -0.2) is 161 Å². The van der Waals surface area contributed by atoms with Crippen molar-refractivity contribution in [3.8, 4) is 11.5 Å². The molecule has 0 spiro atoms. The molecule has 5 saturated heterocycles. The molecule has 12 nitrogen and oxygen atoms in total. The maximum atomic E-state index is 13.7. The Kier molecular flexibility index (Phi) is 16.4. The van der Waals surface area contributed by atoms with E-state index in [0.29, 0.717) is 19.8 Å². The van der Waals surface area contributed by atoms with Gasteiger partial charge in [-0.1, -0.05) is 24.3 Å². The number of aromatic nitrogens is 2. The predicted octanol–water partition coefficient (Wildman–Crippen LogP) is 5.44. The second-order valence-electron chi connectivity index (χ2n) is 16.9. The molecular formula is C47H68N6O6. The van der Waals surface area contributed by atoms with E-state index in [9.17, 15) is 4.79 Å². The fourth-order valence-electron chi connectivity index (χ4n) is 9.37. The largest absolute Gasteiger partial charge is 0.494 e. The Morgan fingerprint density at radius 2 is 1.19 bits per heavy atom. The van der Waals surface area contributed by atoms with E-state index < -0.39 is 5.41 Å². The maximum absolute atomic E-state index is 13.7. The minimum atomic E-state index is -0.471. The van der Waals surface area contributed by atoms with Crippen LogP contribution in [0.15, 0.2) is 67.1 Å². The number of hydrogen-bond acceptors (Lipinski definition) is 11. The number of carbonyl (C=O) groups is 1. The lowest BCUT2D eigenvalue weighted by atomic mass is 9.71. The number of carbonyl (C=O) groups excluding carboxylic acids is 1. The summed E-state index contributed by atoms with van der Waals surface area (Å²) < 4.78 is 28.8. The molecule has 3 aromatic rings. The van der Waals surface area contributed by atoms with Gasteiger partial charge in [-0.15, -0.1) is 0 Å². The van der Waals surface area contributed by atoms with Crippen molar-refractivity contribution in [2.45, 2.75) is 68.6 Å². The van der Waals surface area contributed by atoms with Crippen molar-refractivity contribution in [1.82, 2.24) is 29.6 Å². The summed E-state index contributed by atoms with van der Waals surface area (Å²) in [7, 11) is 2.12. The van der Waals surface area contributed by atoms with E-state index in [1.54, 1.807) is 6.33 Å². The lowest BCUT2D eigenvalue weighted by molar-refractivity contribution is -0.143. The van der Waals surface area contributed by atoms with Crippen LogP contribution in [0, 0.1) is 0 Å². The number of likely N-dealkylation sites (N-methyl/N-ethyl adjacent to an activating group) is 1. The van der Waals surface area contributed by atoms with Crippen LogP contribution >= 0.6 is 0 Å². The number of piperazine rings is 1. The van der Waals surface area contributed by atoms with Crippen molar-refractivity contribution < 1.29 is 28.5 Å². The predicted molar refractivity (Wildman–Crippen MR) is 229 cm³/mol. The topological polar surface area (TPSA) is 102 Å². The van der Waals surface area contributed by atoms with Crippen LogP contribution in [0.3, 0.4) is 0 Å². The minimum Gasteiger partial charge on any atom is -0.494 e. The lowest BCUT2D eigenvalue weighted by Gasteiger charge is -2.42. The zero-order valence-electron chi connectivity index (χ0n) is 35.6. The first kappa shape index (κ1) is 43.4. The Morgan fingerprint density at radius 1 is 0.627 bits per heavy atom. The highest BCUT2D eigenvalue weighted by Gasteiger charge is 2.44. The van der Waals surface area contributed by atoms with Gasteiger partial charge in [0.1, 0.15) is 17.8 Å². The molecule has 5 fully saturated rings. The monoisotopic (exact) mass is 813 g/mol. The van der Waals surface area contributed by atoms with E-state index >= 15 is 0 Å². The molecule has 8 rings (SSSR count). The highest BCUT2D eigenvalue weighted by atomic mass is 16.5. The molecular weight excluding hydrogens is 745 g/mol. The zero-order chi connectivity index (χ0) is 40.6. The van der Waals surface area contributed by atoms with Gasteiger partial charge in [-0.3, -0.25) is 4.79 Å². The van der Waals surface area contributed by atoms with Crippen molar-refractivity contribution in [2.75, 3.05) is 125 Å². The summed E-state index contributed by atoms with van der Waals surface area (Å²) in [4.78, 5) is 31.6. The van der Waals surface area contributed by atoms with Gasteiger partial charge in [0.25, 0.3) is 0 Å². The molecule has 0 unspecified atom stereocenters. The Bertz CT molecular complexity index is 1650. The number of likely N-dealkylation sites (tertiary alicyclic amines) is 1. The summed E-state index contributed by atoms with van der Waals surface area (Å²) in [6, 6.07) is 18.9. The van der Waals surface area contributed by atoms with Gasteiger partial charge in [0.05, 0.1) is 30.9 Å². The highest BCUT2D eigenvalue weighted by Crippen LogP contribution is 2.41. The molecule has 1 amide bonds. The number of rotatable bonds is 14. The molecule has 12 heteroatoms. The van der Waals surface area contributed by atoms with Crippen LogP contribution in [-0.2, 0) is 29.8 Å². The van der Waals surface area contributed by atoms with Crippen molar-refractivity contribution >= 4 is 5.91 Å². The summed E-state index contributed by atoms with van der Waals surface area (Å²) in [5.74, 6) is 2.09. The first-order chi connectivity index (χ1) is 29.0. The molecule has 6 heterocycles. The standard InChI is InChI=1S/C25H39N3O4.C22H29N3O2/c1-26-12-14-28(15-13-26)24(29)25(8-19-31-20-9-25)22-4-6-23(7-5-22)32-18-3-11-27-10-2-17-30-21-16-27;1-2-13-25(12-1)14-3-15-27-20-6-4-19(5-7-20)22(9-16-26-17-10-22)21-8-11-23-18-24-21/h4-7H,2-3,8-21H2,1H3;4-8,11,18H,1-3,9-10,12-17H2. The maximum Gasteiger partial charge on any atom is 0.233 e. The molecule has 0 aliphatic carbocycles. The normalized spacial score (nSPS) is 21.5. The molecule has 59 heavy (non-hydrogen) atoms. The van der Waals surface area contributed by atoms with Gasteiger partial charge in [-0.2, -0.15) is 0 Å². The Hall–Kier alpha value is -3.65. The van der Waals surface area contributed by atoms with Gasteiger partial charge < -0.3 is 43.3 Å². The number of amides is 1. The van der Waals surface area contributed by atoms with E-state index in [0.717, 1.165) is 153 Å². The summed E-state index contributed by atoms with van der Waals surface area (Å²) in [6.45, 7) is 16.3. The molecule has 0 N–H and O–H groups in total. The Labute approximate surface area is 352 Å². The number of ether oxygens (including phenoxy) is 5. The summed E-state index contributed by atoms with van der Waals surface area (Å²) in [5, 5.41) is 0. The van der Waals surface area contributed by atoms with Gasteiger partial charge in [-0.05, 0) is 119 Å². The van der Waals surface area contributed by atoms with Gasteiger partial charge in [-0.25, -0.2) is 9.97 Å². The molecule has 1 aromatic heterocycles. The fraction of sp³-hybridized carbons (Fsp3) is 0.638. The van der Waals surface area contributed by atoms with Crippen LogP contribution in [0.25, 0.3) is 0 Å². The second-order valence-corrected chi connectivity index (χ2v) is 16.9. The number of benzene rings is 2. The molecule has 5 aliphatic heterocycles. The first-order valence-corrected chi connectivity index (χ1v) is 22.4. The van der Waals surface area contributed by atoms with Crippen molar-refractivity contribution in [1.29, 1.82) is 0 Å². The van der Waals surface area contributed by atoms with Gasteiger partial charge >= 0.3 is 0 Å². The van der Waals surface area contributed by atoms with Crippen LogP contribution in [0.2, 0.25) is 0 Å². The van der Waals surface area contributed by atoms with Crippen LogP contribution in [0.4, 0.5) is 0 Å². The zero-order valence-corrected chi connectivity index (χ0v) is 35.6. The molecule has 5 aliphatic rings. The van der Waals surface area contributed by atoms with Crippen LogP contribution in [0.1, 0.15) is 74.6 Å². The average molecular weight is 813 g/mol. The Balaban J connectivity index is 0.000000181. The van der Waals surface area contributed by atoms with Gasteiger partial charge in [0.2, 0.25) is 5.91 Å². The van der Waals surface area contributed by atoms with Gasteiger partial charge in [0.15, 0.2) is 0 Å². The van der Waals surface area contributed by atoms with Crippen molar-refractivity contribution in [3.05, 3.63) is 83.9 Å². The SMILES string of the molecule is CN1CCN(C(=O)C2(c3ccc(OCCCN4CCCOCC4)cc3)CCOCC2)CC1.c1cc(C2(c3ccc(OCCCN4CCCC4)cc3)CCOCC2)ncn1. The van der Waals surface area contributed by atoms with E-state index in [2.05, 4.69) is 73.0 Å². The summed E-state index contributed by atoms with van der Waals surface area (Å²) in [5.41, 5.74) is 2.91. The molecule has 0 atom stereocenters. The molecule has 0 saturated carbocycles. The first-order valence-electron chi connectivity index (χ1n) is 22.4. The fourth-order valence-corrected chi connectivity index (χ4v) is 9.37. The van der Waals surface area contributed by atoms with Gasteiger partial charge in [0, 0.05) is 97.0 Å². The number of nitrogens with zero attached hydrogens (tertiary/aromatic N) is 6. The van der Waals surface area contributed by atoms with Crippen LogP contribution in [0.5, 0.6) is 11.5 Å². The molecule has 2 aromatic carbocycles. The van der Waals surface area contributed by atoms with Crippen molar-refractivity contribution in [2.24, 2.45) is 0 Å². The van der Waals surface area contributed by atoms with E-state index in [1.165, 1.54) is 31.5 Å². The second kappa shape index (κ2) is 22.3. The van der Waals surface area contributed by atoms with E-state index in [-0.39, 0.29) is 11.3 Å². The highest BCUT2D eigenvalue weighted by molar-refractivity contribution is 5.88. The number of hydrogen-bond donors (Lipinski definition) is 0. The molecule has 0 radical (unpaired) electrons. The molecule has 0 bridgehead atoms. The third-order valence-corrected chi connectivity index (χ3v) is 13.1. The van der Waals surface area contributed by atoms with Crippen molar-refractivity contribution in [3.63, 3.8) is 0 Å². The molecule has 322 valence electrons. The minimum absolute atomic E-state index is 0.0878. The summed E-state index contributed by atoms with van der Waals surface area (Å²) in [6.07, 6.45) is 12.8. The van der Waals surface area contributed by atoms with E-state index in [1.807, 2.05) is 24.4 Å². The van der Waals surface area contributed by atoms with E-state index in [4.69, 9.17) is 23.7 Å². The lowest BCUT2D eigenvalue weighted by Crippen LogP contribution is -2.55. The third-order valence-electron chi connectivity index (χ3n) is 13.1. The average Bonchev–Trinajstić information content (AvgIpc) is 3.69. The van der Waals surface area contributed by atoms with Crippen LogP contribution < -0.4 is 9.47 Å². The quantitative estimate of drug-likeness (QED) is 0.195. The smallest absolute Gasteiger partial charge is 0.233 e. The summed E-state index contributed by atoms with van der Waals surface area (Å²) >= 11 is 0.